The van der Waals surface area contributed by atoms with E-state index in [9.17, 15) is 4.79 Å². The Balaban J connectivity index is 0.000000844. The molecule has 2 amide bonds. The molecule has 4 N–H and O–H groups in total. The van der Waals surface area contributed by atoms with E-state index in [1.807, 2.05) is 24.7 Å². The molecule has 0 unspecified atom stereocenters. The van der Waals surface area contributed by atoms with Gasteiger partial charge in [0, 0.05) is 38.4 Å². The van der Waals surface area contributed by atoms with Crippen LogP contribution in [0.1, 0.15) is 17.3 Å². The van der Waals surface area contributed by atoms with Crippen LogP contribution in [-0.4, -0.2) is 60.7 Å². The van der Waals surface area contributed by atoms with Gasteiger partial charge < -0.3 is 30.0 Å². The maximum Gasteiger partial charge on any atom is 0.317 e. The van der Waals surface area contributed by atoms with Gasteiger partial charge in [-0.2, -0.15) is 0 Å². The summed E-state index contributed by atoms with van der Waals surface area (Å²) >= 11 is 0. The zero-order valence-corrected chi connectivity index (χ0v) is 14.2. The summed E-state index contributed by atoms with van der Waals surface area (Å²) in [5.41, 5.74) is 0.983. The van der Waals surface area contributed by atoms with Gasteiger partial charge in [-0.25, -0.2) is 14.8 Å². The Labute approximate surface area is 144 Å². The third-order valence-electron chi connectivity index (χ3n) is 2.81. The Morgan fingerprint density at radius 3 is 2.40 bits per heavy atom. The number of rotatable bonds is 4. The topological polar surface area (TPSA) is 153 Å². The minimum atomic E-state index is -0.250. The second-order valence-electron chi connectivity index (χ2n) is 4.69. The largest absolute Gasteiger partial charge is 0.483 e. The van der Waals surface area contributed by atoms with Crippen molar-refractivity contribution in [2.75, 3.05) is 7.05 Å². The molecule has 0 saturated carbocycles. The van der Waals surface area contributed by atoms with Gasteiger partial charge >= 0.3 is 6.03 Å². The van der Waals surface area contributed by atoms with Gasteiger partial charge in [-0.15, -0.1) is 0 Å². The van der Waals surface area contributed by atoms with Crippen LogP contribution in [-0.2, 0) is 29.7 Å². The van der Waals surface area contributed by atoms with Crippen molar-refractivity contribution in [2.45, 2.75) is 20.0 Å². The average molecular weight is 354 g/mol. The highest BCUT2D eigenvalue weighted by atomic mass is 16.3. The number of imidazole rings is 2. The second kappa shape index (κ2) is 12.1. The molecule has 0 aliphatic rings. The molecule has 0 aliphatic heterocycles. The van der Waals surface area contributed by atoms with E-state index in [0.29, 0.717) is 13.1 Å². The number of carboxylic acid groups (broad SMARTS) is 2. The van der Waals surface area contributed by atoms with E-state index >= 15 is 0 Å². The van der Waals surface area contributed by atoms with Crippen LogP contribution >= 0.6 is 0 Å². The van der Waals surface area contributed by atoms with Crippen molar-refractivity contribution in [2.24, 2.45) is 7.05 Å². The predicted octanol–water partition coefficient (Wildman–Crippen LogP) is 0.195. The van der Waals surface area contributed by atoms with Crippen molar-refractivity contribution in [3.63, 3.8) is 0 Å². The highest BCUT2D eigenvalue weighted by Gasteiger charge is 2.11. The SMILES string of the molecule is Cc1cnc(CN(C)C(=O)NCc2nccn2C)[nH]1.O=CO.O=CO. The summed E-state index contributed by atoms with van der Waals surface area (Å²) < 4.78 is 1.87. The Kier molecular flexibility index (Phi) is 10.5. The lowest BCUT2D eigenvalue weighted by Crippen LogP contribution is -2.37. The zero-order valence-electron chi connectivity index (χ0n) is 14.2. The fourth-order valence-electron chi connectivity index (χ4n) is 1.70. The van der Waals surface area contributed by atoms with E-state index in [1.165, 1.54) is 0 Å². The average Bonchev–Trinajstić information content (AvgIpc) is 3.15. The smallest absolute Gasteiger partial charge is 0.317 e. The quantitative estimate of drug-likeness (QED) is 0.572. The van der Waals surface area contributed by atoms with Crippen LogP contribution in [0.3, 0.4) is 0 Å². The molecule has 0 saturated heterocycles. The van der Waals surface area contributed by atoms with Gasteiger partial charge in [-0.1, -0.05) is 0 Å². The van der Waals surface area contributed by atoms with Crippen LogP contribution < -0.4 is 5.32 Å². The van der Waals surface area contributed by atoms with Crippen LogP contribution in [0.4, 0.5) is 4.79 Å². The summed E-state index contributed by atoms with van der Waals surface area (Å²) in [6.45, 7) is 2.28. The van der Waals surface area contributed by atoms with Crippen LogP contribution in [0.15, 0.2) is 18.6 Å². The maximum atomic E-state index is 11.9. The van der Waals surface area contributed by atoms with Crippen LogP contribution in [0.5, 0.6) is 0 Å². The van der Waals surface area contributed by atoms with Crippen molar-refractivity contribution in [1.82, 2.24) is 29.7 Å². The van der Waals surface area contributed by atoms with Crippen LogP contribution in [0.25, 0.3) is 0 Å². The number of urea groups is 1. The fraction of sp³-hybridized carbons (Fsp3) is 0.357. The molecule has 2 rings (SSSR count). The van der Waals surface area contributed by atoms with Gasteiger partial charge in [0.25, 0.3) is 12.9 Å². The summed E-state index contributed by atoms with van der Waals surface area (Å²) in [7, 11) is 3.62. The maximum absolute atomic E-state index is 11.9. The Bertz CT molecular complexity index is 648. The molecule has 138 valence electrons. The molecule has 0 aliphatic carbocycles. The zero-order chi connectivity index (χ0) is 19.2. The molecule has 2 aromatic rings. The van der Waals surface area contributed by atoms with Crippen molar-refractivity contribution < 1.29 is 24.6 Å². The number of H-pyrrole nitrogens is 1. The van der Waals surface area contributed by atoms with Gasteiger partial charge in [0.2, 0.25) is 0 Å². The standard InChI is InChI=1S/C12H18N6O.2CH2O2/c1-9-6-14-10(16-9)8-18(3)12(19)15-7-11-13-4-5-17(11)2;2*2-1-3/h4-6H,7-8H2,1-3H3,(H,14,16)(H,15,19);2*1H,(H,2,3). The minimum Gasteiger partial charge on any atom is -0.483 e. The van der Waals surface area contributed by atoms with Crippen LogP contribution in [0.2, 0.25) is 0 Å². The number of nitrogens with zero attached hydrogens (tertiary/aromatic N) is 4. The van der Waals surface area contributed by atoms with Gasteiger partial charge in [0.15, 0.2) is 0 Å². The second-order valence-corrected chi connectivity index (χ2v) is 4.69. The summed E-state index contributed by atoms with van der Waals surface area (Å²) in [5.74, 6) is 1.59. The Hall–Kier alpha value is -3.37. The van der Waals surface area contributed by atoms with Crippen molar-refractivity contribution in [3.05, 3.63) is 35.9 Å². The van der Waals surface area contributed by atoms with Crippen LogP contribution in [0, 0.1) is 6.92 Å². The number of aryl methyl sites for hydroxylation is 2. The van der Waals surface area contributed by atoms with E-state index in [1.54, 1.807) is 24.3 Å². The molecule has 2 aromatic heterocycles. The lowest BCUT2D eigenvalue weighted by molar-refractivity contribution is -0.123. The molecular weight excluding hydrogens is 332 g/mol. The molecule has 0 bridgehead atoms. The number of amides is 2. The van der Waals surface area contributed by atoms with E-state index in [-0.39, 0.29) is 19.0 Å². The van der Waals surface area contributed by atoms with Gasteiger partial charge in [-0.3, -0.25) is 9.59 Å². The Morgan fingerprint density at radius 1 is 1.36 bits per heavy atom. The number of hydrogen-bond acceptors (Lipinski definition) is 5. The summed E-state index contributed by atoms with van der Waals surface area (Å²) in [6, 6.07) is -0.156. The molecule has 25 heavy (non-hydrogen) atoms. The molecule has 0 spiro atoms. The monoisotopic (exact) mass is 354 g/mol. The fourth-order valence-corrected chi connectivity index (χ4v) is 1.70. The lowest BCUT2D eigenvalue weighted by Gasteiger charge is -2.16. The van der Waals surface area contributed by atoms with Gasteiger partial charge in [0.05, 0.1) is 13.1 Å². The molecule has 0 radical (unpaired) electrons. The third-order valence-corrected chi connectivity index (χ3v) is 2.81. The lowest BCUT2D eigenvalue weighted by atomic mass is 10.5. The number of carbonyl (C=O) groups excluding carboxylic acids is 1. The highest BCUT2D eigenvalue weighted by Crippen LogP contribution is 2.00. The first-order valence-electron chi connectivity index (χ1n) is 7.00. The normalized spacial score (nSPS) is 8.92. The number of hydrogen-bond donors (Lipinski definition) is 4. The van der Waals surface area contributed by atoms with Gasteiger partial charge in [0.1, 0.15) is 11.6 Å². The Morgan fingerprint density at radius 2 is 1.96 bits per heavy atom. The molecule has 11 heteroatoms. The number of nitrogens with one attached hydrogen (secondary N) is 2. The molecule has 0 aromatic carbocycles. The first kappa shape index (κ1) is 21.6. The summed E-state index contributed by atoms with van der Waals surface area (Å²) in [5, 5.41) is 16.6. The number of carbonyl (C=O) groups is 3. The van der Waals surface area contributed by atoms with Gasteiger partial charge in [-0.05, 0) is 6.92 Å². The van der Waals surface area contributed by atoms with E-state index in [0.717, 1.165) is 17.3 Å². The summed E-state index contributed by atoms with van der Waals surface area (Å²) in [6.07, 6.45) is 5.29. The van der Waals surface area contributed by atoms with E-state index in [4.69, 9.17) is 19.8 Å². The third kappa shape index (κ3) is 8.74. The van der Waals surface area contributed by atoms with Crippen molar-refractivity contribution >= 4 is 19.0 Å². The predicted molar refractivity (Wildman–Crippen MR) is 87.6 cm³/mol. The molecular formula is C14H22N6O5. The van der Waals surface area contributed by atoms with E-state index in [2.05, 4.69) is 20.3 Å². The first-order chi connectivity index (χ1) is 11.9. The minimum absolute atomic E-state index is 0.156. The number of aromatic amines is 1. The molecule has 0 fully saturated rings. The van der Waals surface area contributed by atoms with E-state index < -0.39 is 0 Å². The molecule has 11 nitrogen and oxygen atoms in total. The first-order valence-corrected chi connectivity index (χ1v) is 7.00. The van der Waals surface area contributed by atoms with Crippen molar-refractivity contribution in [1.29, 1.82) is 0 Å². The molecule has 0 atom stereocenters. The highest BCUT2D eigenvalue weighted by molar-refractivity contribution is 5.73. The molecule has 2 heterocycles. The number of aromatic nitrogens is 4. The van der Waals surface area contributed by atoms with Crippen molar-refractivity contribution in [3.8, 4) is 0 Å². The summed E-state index contributed by atoms with van der Waals surface area (Å²) in [4.78, 5) is 41.6.